The number of nitrogens with one attached hydrogen (secondary N) is 1. The van der Waals surface area contributed by atoms with Gasteiger partial charge in [0.15, 0.2) is 0 Å². The molecule has 2 heterocycles. The van der Waals surface area contributed by atoms with Crippen LogP contribution in [0.4, 0.5) is 13.2 Å². The van der Waals surface area contributed by atoms with Crippen molar-refractivity contribution in [2.75, 3.05) is 19.6 Å². The molecule has 0 unspecified atom stereocenters. The van der Waals surface area contributed by atoms with Crippen molar-refractivity contribution in [3.05, 3.63) is 30.1 Å². The Kier molecular flexibility index (Phi) is 5.76. The molecule has 1 aliphatic rings. The minimum absolute atomic E-state index is 0.298. The molecule has 0 radical (unpaired) electrons. The van der Waals surface area contributed by atoms with Crippen LogP contribution < -0.4 is 5.32 Å². The molecule has 4 nitrogen and oxygen atoms in total. The Hall–Kier alpha value is -1.63. The molecule has 1 amide bonds. The number of halogens is 3. The molecule has 1 aromatic rings. The lowest BCUT2D eigenvalue weighted by Crippen LogP contribution is -2.36. The molecule has 1 aliphatic heterocycles. The van der Waals surface area contributed by atoms with Crippen molar-refractivity contribution in [2.24, 2.45) is 5.92 Å². The van der Waals surface area contributed by atoms with E-state index in [0.29, 0.717) is 19.0 Å². The van der Waals surface area contributed by atoms with Crippen molar-refractivity contribution in [1.29, 1.82) is 0 Å². The molecule has 0 spiro atoms. The van der Waals surface area contributed by atoms with Crippen LogP contribution in [0.3, 0.4) is 0 Å². The van der Waals surface area contributed by atoms with E-state index in [0.717, 1.165) is 25.1 Å². The largest absolute Gasteiger partial charge is 0.389 e. The van der Waals surface area contributed by atoms with Gasteiger partial charge in [0.1, 0.15) is 0 Å². The van der Waals surface area contributed by atoms with Gasteiger partial charge in [-0.3, -0.25) is 9.78 Å². The second kappa shape index (κ2) is 7.58. The van der Waals surface area contributed by atoms with E-state index in [2.05, 4.69) is 10.3 Å². The van der Waals surface area contributed by atoms with E-state index in [4.69, 9.17) is 0 Å². The van der Waals surface area contributed by atoms with E-state index in [1.54, 1.807) is 18.5 Å². The summed E-state index contributed by atoms with van der Waals surface area (Å²) in [6.07, 6.45) is -1.67. The van der Waals surface area contributed by atoms with E-state index in [1.807, 2.05) is 6.07 Å². The molecular weight excluding hydrogens is 295 g/mol. The van der Waals surface area contributed by atoms with Crippen LogP contribution in [0.1, 0.15) is 24.8 Å². The van der Waals surface area contributed by atoms with Gasteiger partial charge in [-0.2, -0.15) is 13.2 Å². The molecule has 1 saturated heterocycles. The lowest BCUT2D eigenvalue weighted by atomic mass is 10.1. The number of pyridine rings is 1. The van der Waals surface area contributed by atoms with Gasteiger partial charge in [0, 0.05) is 31.9 Å². The smallest absolute Gasteiger partial charge is 0.338 e. The maximum Gasteiger partial charge on any atom is 0.389 e. The summed E-state index contributed by atoms with van der Waals surface area (Å²) in [5.74, 6) is -0.153. The number of rotatable bonds is 6. The Morgan fingerprint density at radius 1 is 1.45 bits per heavy atom. The first kappa shape index (κ1) is 16.7. The standard InChI is InChI=1S/C15H20F3N3O/c16-15(17,18)5-3-14(22)21(11-13-4-7-20-9-13)10-12-2-1-6-19-8-12/h1-2,6,8,13,20H,3-5,7,9-11H2/t13-/m1/s1. The highest BCUT2D eigenvalue weighted by molar-refractivity contribution is 5.76. The highest BCUT2D eigenvalue weighted by Crippen LogP contribution is 2.23. The summed E-state index contributed by atoms with van der Waals surface area (Å²) in [5.41, 5.74) is 0.828. The maximum atomic E-state index is 12.3. The van der Waals surface area contributed by atoms with Crippen molar-refractivity contribution in [2.45, 2.75) is 32.0 Å². The van der Waals surface area contributed by atoms with Gasteiger partial charge in [-0.25, -0.2) is 0 Å². The Bertz CT molecular complexity index is 473. The summed E-state index contributed by atoms with van der Waals surface area (Å²) in [5, 5.41) is 3.21. The molecule has 122 valence electrons. The number of carbonyl (C=O) groups is 1. The molecule has 0 bridgehead atoms. The first-order valence-corrected chi connectivity index (χ1v) is 7.38. The predicted octanol–water partition coefficient (Wildman–Crippen LogP) is 2.36. The molecule has 1 N–H and O–H groups in total. The summed E-state index contributed by atoms with van der Waals surface area (Å²) in [6.45, 7) is 2.48. The number of hydrogen-bond donors (Lipinski definition) is 1. The first-order chi connectivity index (χ1) is 10.4. The zero-order valence-corrected chi connectivity index (χ0v) is 12.3. The van der Waals surface area contributed by atoms with Gasteiger partial charge in [0.05, 0.1) is 6.42 Å². The Morgan fingerprint density at radius 2 is 2.27 bits per heavy atom. The van der Waals surface area contributed by atoms with Gasteiger partial charge in [-0.05, 0) is 37.1 Å². The molecule has 0 saturated carbocycles. The van der Waals surface area contributed by atoms with Crippen LogP contribution >= 0.6 is 0 Å². The zero-order valence-electron chi connectivity index (χ0n) is 12.3. The van der Waals surface area contributed by atoms with Gasteiger partial charge < -0.3 is 10.2 Å². The molecule has 7 heteroatoms. The van der Waals surface area contributed by atoms with Crippen LogP contribution in [0.5, 0.6) is 0 Å². The summed E-state index contributed by atoms with van der Waals surface area (Å²) < 4.78 is 37.0. The maximum absolute atomic E-state index is 12.3. The first-order valence-electron chi connectivity index (χ1n) is 7.38. The second-order valence-electron chi connectivity index (χ2n) is 5.61. The van der Waals surface area contributed by atoms with Crippen LogP contribution in [0.2, 0.25) is 0 Å². The molecular formula is C15H20F3N3O. The highest BCUT2D eigenvalue weighted by Gasteiger charge is 2.30. The van der Waals surface area contributed by atoms with E-state index in [-0.39, 0.29) is 0 Å². The fourth-order valence-corrected chi connectivity index (χ4v) is 2.56. The van der Waals surface area contributed by atoms with Crippen molar-refractivity contribution in [1.82, 2.24) is 15.2 Å². The zero-order chi connectivity index (χ0) is 16.0. The topological polar surface area (TPSA) is 45.2 Å². The van der Waals surface area contributed by atoms with Gasteiger partial charge in [0.25, 0.3) is 0 Å². The van der Waals surface area contributed by atoms with Gasteiger partial charge in [-0.15, -0.1) is 0 Å². The third-order valence-electron chi connectivity index (χ3n) is 3.71. The quantitative estimate of drug-likeness (QED) is 0.876. The van der Waals surface area contributed by atoms with Crippen LogP contribution in [0, 0.1) is 5.92 Å². The normalized spacial score (nSPS) is 18.4. The Balaban J connectivity index is 1.98. The molecule has 1 fully saturated rings. The summed E-state index contributed by atoms with van der Waals surface area (Å²) in [7, 11) is 0. The number of alkyl halides is 3. The van der Waals surface area contributed by atoms with Gasteiger partial charge in [0.2, 0.25) is 5.91 Å². The third kappa shape index (κ3) is 5.63. The number of nitrogens with zero attached hydrogens (tertiary/aromatic N) is 2. The third-order valence-corrected chi connectivity index (χ3v) is 3.71. The molecule has 1 atom stereocenters. The molecule has 0 aromatic carbocycles. The minimum Gasteiger partial charge on any atom is -0.338 e. The Morgan fingerprint density at radius 3 is 2.86 bits per heavy atom. The van der Waals surface area contributed by atoms with E-state index in [9.17, 15) is 18.0 Å². The van der Waals surface area contributed by atoms with Crippen LogP contribution in [-0.4, -0.2) is 41.6 Å². The van der Waals surface area contributed by atoms with Crippen LogP contribution in [0.25, 0.3) is 0 Å². The summed E-state index contributed by atoms with van der Waals surface area (Å²) in [6, 6.07) is 3.58. The molecule has 1 aromatic heterocycles. The fraction of sp³-hybridized carbons (Fsp3) is 0.600. The van der Waals surface area contributed by atoms with E-state index >= 15 is 0 Å². The van der Waals surface area contributed by atoms with Crippen molar-refractivity contribution in [3.63, 3.8) is 0 Å². The lowest BCUT2D eigenvalue weighted by molar-refractivity contribution is -0.149. The van der Waals surface area contributed by atoms with Crippen LogP contribution in [0.15, 0.2) is 24.5 Å². The van der Waals surface area contributed by atoms with Crippen LogP contribution in [-0.2, 0) is 11.3 Å². The summed E-state index contributed by atoms with van der Waals surface area (Å²) >= 11 is 0. The fourth-order valence-electron chi connectivity index (χ4n) is 2.56. The second-order valence-corrected chi connectivity index (χ2v) is 5.61. The Labute approximate surface area is 127 Å². The number of amides is 1. The van der Waals surface area contributed by atoms with E-state index in [1.165, 1.54) is 4.90 Å². The van der Waals surface area contributed by atoms with Crippen molar-refractivity contribution in [3.8, 4) is 0 Å². The predicted molar refractivity (Wildman–Crippen MR) is 75.9 cm³/mol. The average molecular weight is 315 g/mol. The van der Waals surface area contributed by atoms with Crippen molar-refractivity contribution < 1.29 is 18.0 Å². The number of aromatic nitrogens is 1. The summed E-state index contributed by atoms with van der Waals surface area (Å²) in [4.78, 5) is 17.7. The average Bonchev–Trinajstić information content (AvgIpc) is 2.97. The highest BCUT2D eigenvalue weighted by atomic mass is 19.4. The van der Waals surface area contributed by atoms with E-state index < -0.39 is 24.9 Å². The molecule has 2 rings (SSSR count). The SMILES string of the molecule is O=C(CCC(F)(F)F)N(Cc1cccnc1)C[C@@H]1CCNC1. The molecule has 22 heavy (non-hydrogen) atoms. The van der Waals surface area contributed by atoms with Gasteiger partial charge in [-0.1, -0.05) is 6.07 Å². The van der Waals surface area contributed by atoms with Gasteiger partial charge >= 0.3 is 6.18 Å². The number of carbonyl (C=O) groups excluding carboxylic acids is 1. The molecule has 0 aliphatic carbocycles. The number of hydrogen-bond acceptors (Lipinski definition) is 3. The minimum atomic E-state index is -4.30. The van der Waals surface area contributed by atoms with Crippen molar-refractivity contribution >= 4 is 5.91 Å². The monoisotopic (exact) mass is 315 g/mol. The lowest BCUT2D eigenvalue weighted by Gasteiger charge is -2.26.